The number of nitrogens with zero attached hydrogens (tertiary/aromatic N) is 2. The molecule has 0 atom stereocenters. The number of rotatable bonds is 5. The van der Waals surface area contributed by atoms with Crippen LogP contribution in [0.2, 0.25) is 0 Å². The van der Waals surface area contributed by atoms with E-state index in [0.29, 0.717) is 0 Å². The minimum Gasteiger partial charge on any atom is -0.310 e. The molecule has 0 N–H and O–H groups in total. The molecule has 0 radical (unpaired) electrons. The number of hydrogen-bond donors (Lipinski definition) is 0. The highest BCUT2D eigenvalue weighted by Gasteiger charge is 2.27. The van der Waals surface area contributed by atoms with Gasteiger partial charge in [0.1, 0.15) is 0 Å². The summed E-state index contributed by atoms with van der Waals surface area (Å²) in [6.45, 7) is 0. The first-order chi connectivity index (χ1) is 24.3. The van der Waals surface area contributed by atoms with Gasteiger partial charge in [-0.15, -0.1) is 11.3 Å². The van der Waals surface area contributed by atoms with Crippen LogP contribution in [0, 0.1) is 0 Å². The molecular weight excluding hydrogens is 613 g/mol. The predicted octanol–water partition coefficient (Wildman–Crippen LogP) is 13.8. The lowest BCUT2D eigenvalue weighted by molar-refractivity contribution is 1.25. The van der Waals surface area contributed by atoms with Gasteiger partial charge in [0.2, 0.25) is 0 Å². The second kappa shape index (κ2) is 11.2. The molecule has 0 unspecified atom stereocenters. The van der Waals surface area contributed by atoms with Crippen molar-refractivity contribution in [2.75, 3.05) is 9.80 Å². The van der Waals surface area contributed by atoms with Crippen LogP contribution in [0.3, 0.4) is 0 Å². The van der Waals surface area contributed by atoms with Crippen molar-refractivity contribution in [3.8, 4) is 22.3 Å². The zero-order valence-electron chi connectivity index (χ0n) is 26.6. The van der Waals surface area contributed by atoms with Crippen LogP contribution in [-0.2, 0) is 0 Å². The van der Waals surface area contributed by atoms with E-state index in [1.807, 2.05) is 11.3 Å². The number of hydrogen-bond acceptors (Lipinski definition) is 3. The molecule has 9 aromatic rings. The van der Waals surface area contributed by atoms with Crippen LogP contribution in [0.1, 0.15) is 0 Å². The molecular formula is C46H30N2S. The van der Waals surface area contributed by atoms with E-state index in [1.54, 1.807) is 0 Å². The van der Waals surface area contributed by atoms with Crippen LogP contribution in [0.15, 0.2) is 182 Å². The van der Waals surface area contributed by atoms with Crippen LogP contribution in [0.4, 0.5) is 34.1 Å². The molecule has 230 valence electrons. The molecule has 3 heteroatoms. The summed E-state index contributed by atoms with van der Waals surface area (Å²) in [6, 6.07) is 66.3. The third-order valence-electron chi connectivity index (χ3n) is 9.76. The molecule has 10 rings (SSSR count). The highest BCUT2D eigenvalue weighted by molar-refractivity contribution is 7.25. The third-order valence-corrected chi connectivity index (χ3v) is 10.9. The topological polar surface area (TPSA) is 6.48 Å². The van der Waals surface area contributed by atoms with Crippen LogP contribution < -0.4 is 9.80 Å². The maximum Gasteiger partial charge on any atom is 0.0561 e. The van der Waals surface area contributed by atoms with Crippen LogP contribution in [0.5, 0.6) is 0 Å². The Kier molecular flexibility index (Phi) is 6.39. The van der Waals surface area contributed by atoms with Crippen molar-refractivity contribution >= 4 is 76.4 Å². The highest BCUT2D eigenvalue weighted by Crippen LogP contribution is 2.52. The molecule has 1 aliphatic rings. The number of fused-ring (bicyclic) bond motifs is 5. The van der Waals surface area contributed by atoms with Crippen molar-refractivity contribution in [1.82, 2.24) is 0 Å². The lowest BCUT2D eigenvalue weighted by Gasteiger charge is -2.35. The van der Waals surface area contributed by atoms with Crippen molar-refractivity contribution in [1.29, 1.82) is 0 Å². The Morgan fingerprint density at radius 3 is 1.90 bits per heavy atom. The number of anilines is 6. The van der Waals surface area contributed by atoms with Gasteiger partial charge in [0.05, 0.1) is 11.4 Å². The van der Waals surface area contributed by atoms with Crippen molar-refractivity contribution in [3.63, 3.8) is 0 Å². The molecule has 1 aliphatic heterocycles. The minimum absolute atomic E-state index is 1.11. The second-order valence-corrected chi connectivity index (χ2v) is 13.7. The zero-order chi connectivity index (χ0) is 32.3. The molecule has 2 heterocycles. The van der Waals surface area contributed by atoms with Gasteiger partial charge in [-0.3, -0.25) is 0 Å². The average Bonchev–Trinajstić information content (AvgIpc) is 3.54. The van der Waals surface area contributed by atoms with Crippen LogP contribution in [0.25, 0.3) is 53.2 Å². The van der Waals surface area contributed by atoms with E-state index < -0.39 is 0 Å². The first kappa shape index (κ1) is 27.9. The predicted molar refractivity (Wildman–Crippen MR) is 211 cm³/mol. The fourth-order valence-corrected chi connectivity index (χ4v) is 8.61. The monoisotopic (exact) mass is 642 g/mol. The molecule has 0 amide bonds. The smallest absolute Gasteiger partial charge is 0.0561 e. The van der Waals surface area contributed by atoms with E-state index in [4.69, 9.17) is 0 Å². The van der Waals surface area contributed by atoms with Gasteiger partial charge in [0.25, 0.3) is 0 Å². The lowest BCUT2D eigenvalue weighted by atomic mass is 9.90. The van der Waals surface area contributed by atoms with Gasteiger partial charge in [0.15, 0.2) is 0 Å². The SMILES string of the molecule is c1ccc(-c2ccc(N(c3ccc4c(c3)N(c3ccccc3)c3cccc5cccc-4c35)c3ccc4sc5ccccc5c4c3)cc2)cc1. The fraction of sp³-hybridized carbons (Fsp3) is 0. The van der Waals surface area contributed by atoms with E-state index in [2.05, 4.69) is 192 Å². The quantitative estimate of drug-likeness (QED) is 0.184. The Balaban J connectivity index is 1.20. The van der Waals surface area contributed by atoms with Crippen molar-refractivity contribution in [2.24, 2.45) is 0 Å². The molecule has 0 fully saturated rings. The molecule has 49 heavy (non-hydrogen) atoms. The van der Waals surface area contributed by atoms with E-state index in [0.717, 1.165) is 22.7 Å². The van der Waals surface area contributed by atoms with Crippen LogP contribution in [-0.4, -0.2) is 0 Å². The van der Waals surface area contributed by atoms with Gasteiger partial charge in [-0.25, -0.2) is 0 Å². The lowest BCUT2D eigenvalue weighted by Crippen LogP contribution is -2.16. The summed E-state index contributed by atoms with van der Waals surface area (Å²) in [7, 11) is 0. The summed E-state index contributed by atoms with van der Waals surface area (Å²) < 4.78 is 2.61. The largest absolute Gasteiger partial charge is 0.310 e. The maximum atomic E-state index is 2.43. The Bertz CT molecular complexity index is 2650. The Morgan fingerprint density at radius 1 is 0.408 bits per heavy atom. The average molecular weight is 643 g/mol. The van der Waals surface area contributed by atoms with E-state index >= 15 is 0 Å². The molecule has 0 saturated carbocycles. The summed E-state index contributed by atoms with van der Waals surface area (Å²) >= 11 is 1.86. The summed E-state index contributed by atoms with van der Waals surface area (Å²) in [6.07, 6.45) is 0. The summed E-state index contributed by atoms with van der Waals surface area (Å²) in [5, 5.41) is 5.13. The van der Waals surface area contributed by atoms with E-state index in [9.17, 15) is 0 Å². The fourth-order valence-electron chi connectivity index (χ4n) is 7.52. The molecule has 0 saturated heterocycles. The second-order valence-electron chi connectivity index (χ2n) is 12.6. The van der Waals surface area contributed by atoms with Crippen molar-refractivity contribution in [3.05, 3.63) is 182 Å². The number of benzene rings is 8. The molecule has 0 spiro atoms. The standard InChI is InChI=1S/C46H30N2S/c1-3-11-31(12-4-1)32-21-23-35(24-22-32)47(36-26-28-45-41(29-36)39-17-7-8-20-44(39)49-45)37-25-27-38-40-18-9-13-33-14-10-19-42(46(33)40)48(43(38)30-37)34-15-5-2-6-16-34/h1-30H. The summed E-state index contributed by atoms with van der Waals surface area (Å²) in [5.74, 6) is 0. The first-order valence-electron chi connectivity index (χ1n) is 16.7. The van der Waals surface area contributed by atoms with Gasteiger partial charge in [-0.05, 0) is 88.8 Å². The first-order valence-corrected chi connectivity index (χ1v) is 17.5. The van der Waals surface area contributed by atoms with E-state index in [1.165, 1.54) is 64.6 Å². The van der Waals surface area contributed by atoms with Crippen molar-refractivity contribution in [2.45, 2.75) is 0 Å². The molecule has 0 bridgehead atoms. The van der Waals surface area contributed by atoms with Crippen LogP contribution >= 0.6 is 11.3 Å². The van der Waals surface area contributed by atoms with Gasteiger partial charge in [-0.1, -0.05) is 115 Å². The Morgan fingerprint density at radius 2 is 1.06 bits per heavy atom. The Hall–Kier alpha value is -6.16. The molecule has 1 aromatic heterocycles. The zero-order valence-corrected chi connectivity index (χ0v) is 27.4. The minimum atomic E-state index is 1.11. The number of para-hydroxylation sites is 1. The van der Waals surface area contributed by atoms with Crippen molar-refractivity contribution < 1.29 is 0 Å². The third kappa shape index (κ3) is 4.55. The molecule has 0 aliphatic carbocycles. The van der Waals surface area contributed by atoms with E-state index in [-0.39, 0.29) is 0 Å². The maximum absolute atomic E-state index is 2.43. The normalized spacial score (nSPS) is 12.0. The van der Waals surface area contributed by atoms with Gasteiger partial charge in [0, 0.05) is 53.9 Å². The molecule has 8 aromatic carbocycles. The number of thiophene rings is 1. The highest BCUT2D eigenvalue weighted by atomic mass is 32.1. The Labute approximate surface area is 289 Å². The summed E-state index contributed by atoms with van der Waals surface area (Å²) in [5.41, 5.74) is 11.8. The molecule has 2 nitrogen and oxygen atoms in total. The van der Waals surface area contributed by atoms with Gasteiger partial charge in [-0.2, -0.15) is 0 Å². The van der Waals surface area contributed by atoms with Gasteiger partial charge >= 0.3 is 0 Å². The van der Waals surface area contributed by atoms with Gasteiger partial charge < -0.3 is 9.80 Å². The summed E-state index contributed by atoms with van der Waals surface area (Å²) in [4.78, 5) is 4.84.